The fourth-order valence-corrected chi connectivity index (χ4v) is 3.22. The van der Waals surface area contributed by atoms with Crippen LogP contribution >= 0.6 is 0 Å². The van der Waals surface area contributed by atoms with E-state index in [4.69, 9.17) is 0 Å². The number of carbonyl (C=O) groups excluding carboxylic acids is 1. The van der Waals surface area contributed by atoms with Gasteiger partial charge in [-0.3, -0.25) is 4.79 Å². The molecule has 0 spiro atoms. The smallest absolute Gasteiger partial charge is 0.276 e. The lowest BCUT2D eigenvalue weighted by atomic mass is 9.85. The van der Waals surface area contributed by atoms with Gasteiger partial charge in [0.15, 0.2) is 5.69 Å². The van der Waals surface area contributed by atoms with Crippen LogP contribution in [0.1, 0.15) is 49.1 Å². The van der Waals surface area contributed by atoms with Crippen LogP contribution in [0.3, 0.4) is 0 Å². The summed E-state index contributed by atoms with van der Waals surface area (Å²) in [4.78, 5) is 14.4. The van der Waals surface area contributed by atoms with Gasteiger partial charge in [0.1, 0.15) is 0 Å². The Morgan fingerprint density at radius 2 is 2.15 bits per heavy atom. The Kier molecular flexibility index (Phi) is 3.74. The third kappa shape index (κ3) is 2.44. The van der Waals surface area contributed by atoms with E-state index in [1.54, 1.807) is 6.20 Å². The topological polar surface area (TPSA) is 63.1 Å². The molecule has 2 aliphatic rings. The quantitative estimate of drug-likeness (QED) is 0.898. The standard InChI is InChI=1S/C14H23N5O/c1-10-5-3-4-6-13(10)18(2)14(20)12-9-19(17-16-12)11-7-15-8-11/h9-11,13,15H,3-8H2,1-2H3. The van der Waals surface area contributed by atoms with E-state index in [9.17, 15) is 4.79 Å². The van der Waals surface area contributed by atoms with E-state index < -0.39 is 0 Å². The van der Waals surface area contributed by atoms with Crippen LogP contribution in [0.25, 0.3) is 0 Å². The molecule has 1 amide bonds. The summed E-state index contributed by atoms with van der Waals surface area (Å²) in [5.74, 6) is 0.575. The molecular weight excluding hydrogens is 254 g/mol. The van der Waals surface area contributed by atoms with Crippen molar-refractivity contribution >= 4 is 5.91 Å². The summed E-state index contributed by atoms with van der Waals surface area (Å²) in [5.41, 5.74) is 0.470. The van der Waals surface area contributed by atoms with Crippen molar-refractivity contribution in [2.75, 3.05) is 20.1 Å². The average Bonchev–Trinajstić information content (AvgIpc) is 2.85. The second kappa shape index (κ2) is 5.52. The number of hydrogen-bond acceptors (Lipinski definition) is 4. The molecule has 1 aliphatic heterocycles. The first kappa shape index (κ1) is 13.5. The summed E-state index contributed by atoms with van der Waals surface area (Å²) in [5, 5.41) is 11.3. The maximum atomic E-state index is 12.5. The molecule has 0 aromatic carbocycles. The van der Waals surface area contributed by atoms with Gasteiger partial charge in [-0.1, -0.05) is 25.0 Å². The number of aromatic nitrogens is 3. The molecule has 6 nitrogen and oxygen atoms in total. The Labute approximate surface area is 119 Å². The van der Waals surface area contributed by atoms with Crippen LogP contribution < -0.4 is 5.32 Å². The highest BCUT2D eigenvalue weighted by atomic mass is 16.2. The van der Waals surface area contributed by atoms with E-state index in [1.165, 1.54) is 19.3 Å². The number of hydrogen-bond donors (Lipinski definition) is 1. The normalized spacial score (nSPS) is 27.1. The van der Waals surface area contributed by atoms with Gasteiger partial charge in [0, 0.05) is 26.2 Å². The number of amides is 1. The molecule has 2 fully saturated rings. The van der Waals surface area contributed by atoms with Crippen molar-refractivity contribution in [3.63, 3.8) is 0 Å². The van der Waals surface area contributed by atoms with Gasteiger partial charge >= 0.3 is 0 Å². The third-order valence-corrected chi connectivity index (χ3v) is 4.75. The van der Waals surface area contributed by atoms with Gasteiger partial charge in [-0.05, 0) is 18.8 Å². The minimum Gasteiger partial charge on any atom is -0.337 e. The summed E-state index contributed by atoms with van der Waals surface area (Å²) in [6.45, 7) is 4.06. The van der Waals surface area contributed by atoms with Crippen LogP contribution in [0.4, 0.5) is 0 Å². The van der Waals surface area contributed by atoms with Crippen LogP contribution in [0, 0.1) is 5.92 Å². The van der Waals surface area contributed by atoms with Crippen molar-refractivity contribution in [2.24, 2.45) is 5.92 Å². The zero-order valence-electron chi connectivity index (χ0n) is 12.2. The van der Waals surface area contributed by atoms with Crippen LogP contribution in [0.5, 0.6) is 0 Å². The highest BCUT2D eigenvalue weighted by Gasteiger charge is 2.30. The second-order valence-electron chi connectivity index (χ2n) is 6.14. The highest BCUT2D eigenvalue weighted by Crippen LogP contribution is 2.28. The monoisotopic (exact) mass is 277 g/mol. The Balaban J connectivity index is 1.69. The summed E-state index contributed by atoms with van der Waals surface area (Å²) in [6, 6.07) is 0.690. The van der Waals surface area contributed by atoms with E-state index in [1.807, 2.05) is 16.6 Å². The Morgan fingerprint density at radius 3 is 2.80 bits per heavy atom. The van der Waals surface area contributed by atoms with Gasteiger partial charge < -0.3 is 10.2 Å². The van der Waals surface area contributed by atoms with Crippen molar-refractivity contribution in [1.82, 2.24) is 25.2 Å². The molecule has 2 heterocycles. The summed E-state index contributed by atoms with van der Waals surface area (Å²) >= 11 is 0. The maximum absolute atomic E-state index is 12.5. The first-order valence-corrected chi connectivity index (χ1v) is 7.56. The molecule has 6 heteroatoms. The summed E-state index contributed by atoms with van der Waals surface area (Å²) < 4.78 is 1.81. The van der Waals surface area contributed by atoms with E-state index >= 15 is 0 Å². The molecule has 2 atom stereocenters. The van der Waals surface area contributed by atoms with Crippen molar-refractivity contribution in [3.05, 3.63) is 11.9 Å². The lowest BCUT2D eigenvalue weighted by molar-refractivity contribution is 0.0623. The molecule has 1 aromatic rings. The van der Waals surface area contributed by atoms with E-state index in [0.29, 0.717) is 23.7 Å². The zero-order chi connectivity index (χ0) is 14.1. The third-order valence-electron chi connectivity index (χ3n) is 4.75. The molecule has 2 unspecified atom stereocenters. The number of nitrogens with zero attached hydrogens (tertiary/aromatic N) is 4. The van der Waals surface area contributed by atoms with Crippen molar-refractivity contribution in [1.29, 1.82) is 0 Å². The van der Waals surface area contributed by atoms with Crippen LogP contribution in [0.15, 0.2) is 6.20 Å². The van der Waals surface area contributed by atoms with Gasteiger partial charge in [0.05, 0.1) is 12.2 Å². The summed E-state index contributed by atoms with van der Waals surface area (Å²) in [7, 11) is 1.90. The van der Waals surface area contributed by atoms with Crippen LogP contribution in [-0.4, -0.2) is 52.0 Å². The average molecular weight is 277 g/mol. The SMILES string of the molecule is CC1CCCCC1N(C)C(=O)c1cn(C2CNC2)nn1. The molecule has 3 rings (SSSR count). The lowest BCUT2D eigenvalue weighted by Gasteiger charge is -2.35. The van der Waals surface area contributed by atoms with Gasteiger partial charge in [-0.25, -0.2) is 4.68 Å². The number of carbonyl (C=O) groups is 1. The molecule has 1 saturated heterocycles. The largest absolute Gasteiger partial charge is 0.337 e. The molecule has 1 aliphatic carbocycles. The fraction of sp³-hybridized carbons (Fsp3) is 0.786. The number of rotatable bonds is 3. The summed E-state index contributed by atoms with van der Waals surface area (Å²) in [6.07, 6.45) is 6.60. The predicted molar refractivity (Wildman–Crippen MR) is 75.4 cm³/mol. The van der Waals surface area contributed by atoms with Crippen LogP contribution in [-0.2, 0) is 0 Å². The molecule has 0 radical (unpaired) electrons. The molecule has 1 N–H and O–H groups in total. The van der Waals surface area contributed by atoms with Gasteiger partial charge in [-0.2, -0.15) is 0 Å². The first-order valence-electron chi connectivity index (χ1n) is 7.56. The lowest BCUT2D eigenvalue weighted by Crippen LogP contribution is -2.44. The van der Waals surface area contributed by atoms with E-state index in [-0.39, 0.29) is 5.91 Å². The second-order valence-corrected chi connectivity index (χ2v) is 6.14. The Morgan fingerprint density at radius 1 is 1.40 bits per heavy atom. The zero-order valence-corrected chi connectivity index (χ0v) is 12.2. The molecule has 1 aromatic heterocycles. The molecule has 1 saturated carbocycles. The number of nitrogens with one attached hydrogen (secondary N) is 1. The van der Waals surface area contributed by atoms with Gasteiger partial charge in [0.25, 0.3) is 5.91 Å². The molecular formula is C14H23N5O. The predicted octanol–water partition coefficient (Wildman–Crippen LogP) is 1.07. The van der Waals surface area contributed by atoms with Crippen molar-refractivity contribution in [3.8, 4) is 0 Å². The minimum absolute atomic E-state index is 0.00211. The molecule has 110 valence electrons. The van der Waals surface area contributed by atoms with Crippen molar-refractivity contribution in [2.45, 2.75) is 44.7 Å². The Bertz CT molecular complexity index is 482. The highest BCUT2D eigenvalue weighted by molar-refractivity contribution is 5.92. The maximum Gasteiger partial charge on any atom is 0.276 e. The van der Waals surface area contributed by atoms with Gasteiger partial charge in [0.2, 0.25) is 0 Å². The molecule has 20 heavy (non-hydrogen) atoms. The fourth-order valence-electron chi connectivity index (χ4n) is 3.22. The van der Waals surface area contributed by atoms with Crippen LogP contribution in [0.2, 0.25) is 0 Å². The minimum atomic E-state index is 0.00211. The van der Waals surface area contributed by atoms with Gasteiger partial charge in [-0.15, -0.1) is 5.10 Å². The first-order chi connectivity index (χ1) is 9.66. The van der Waals surface area contributed by atoms with Crippen molar-refractivity contribution < 1.29 is 4.79 Å². The van der Waals surface area contributed by atoms with E-state index in [0.717, 1.165) is 19.5 Å². The Hall–Kier alpha value is -1.43. The van der Waals surface area contributed by atoms with E-state index in [2.05, 4.69) is 22.6 Å². The molecule has 0 bridgehead atoms.